The minimum atomic E-state index is 0.628. The van der Waals surface area contributed by atoms with E-state index in [0.717, 1.165) is 35.5 Å². The van der Waals surface area contributed by atoms with Gasteiger partial charge in [0.1, 0.15) is 0 Å². The fourth-order valence-electron chi connectivity index (χ4n) is 6.30. The van der Waals surface area contributed by atoms with Crippen molar-refractivity contribution in [2.75, 3.05) is 0 Å². The fraction of sp³-hybridized carbons (Fsp3) is 1.00. The molecule has 0 radical (unpaired) electrons. The number of rotatable bonds is 5. The van der Waals surface area contributed by atoms with Gasteiger partial charge < -0.3 is 0 Å². The molecule has 3 aliphatic rings. The van der Waals surface area contributed by atoms with Crippen LogP contribution in [-0.4, -0.2) is 0 Å². The second kappa shape index (κ2) is 6.86. The van der Waals surface area contributed by atoms with Crippen LogP contribution in [0.1, 0.15) is 98.3 Å². The summed E-state index contributed by atoms with van der Waals surface area (Å²) in [6.45, 7) is 10.0. The first-order chi connectivity index (χ1) is 10.6. The molecule has 0 amide bonds. The lowest BCUT2D eigenvalue weighted by atomic mass is 9.70. The molecule has 3 aliphatic carbocycles. The Bertz CT molecular complexity index is 359. The third kappa shape index (κ3) is 3.41. The molecule has 7 unspecified atom stereocenters. The average Bonchev–Trinajstić information content (AvgIpc) is 3.31. The van der Waals surface area contributed by atoms with Crippen LogP contribution < -0.4 is 0 Å². The SMILES string of the molecule is CCC(CC1CCCC(C)(CC)C(C)C1)C1CCCC2CC21. The van der Waals surface area contributed by atoms with Crippen LogP contribution in [0, 0.1) is 40.9 Å². The maximum Gasteiger partial charge on any atom is -0.0303 e. The summed E-state index contributed by atoms with van der Waals surface area (Å²) in [6, 6.07) is 0. The van der Waals surface area contributed by atoms with E-state index >= 15 is 0 Å². The van der Waals surface area contributed by atoms with E-state index in [-0.39, 0.29) is 0 Å². The van der Waals surface area contributed by atoms with E-state index in [1.165, 1.54) is 44.9 Å². The van der Waals surface area contributed by atoms with E-state index in [0.29, 0.717) is 5.41 Å². The van der Waals surface area contributed by atoms with Crippen molar-refractivity contribution in [3.05, 3.63) is 0 Å². The third-order valence-electron chi connectivity index (χ3n) is 8.45. The lowest BCUT2D eigenvalue weighted by Gasteiger charge is -2.35. The van der Waals surface area contributed by atoms with Crippen molar-refractivity contribution < 1.29 is 0 Å². The molecule has 22 heavy (non-hydrogen) atoms. The highest BCUT2D eigenvalue weighted by Crippen LogP contribution is 2.57. The molecule has 0 aromatic carbocycles. The van der Waals surface area contributed by atoms with Crippen molar-refractivity contribution >= 4 is 0 Å². The summed E-state index contributed by atoms with van der Waals surface area (Å²) in [5.74, 6) is 6.44. The summed E-state index contributed by atoms with van der Waals surface area (Å²) >= 11 is 0. The Labute approximate surface area is 139 Å². The van der Waals surface area contributed by atoms with E-state index in [4.69, 9.17) is 0 Å². The van der Waals surface area contributed by atoms with Crippen molar-refractivity contribution in [2.24, 2.45) is 40.9 Å². The summed E-state index contributed by atoms with van der Waals surface area (Å²) in [5, 5.41) is 0. The lowest BCUT2D eigenvalue weighted by Crippen LogP contribution is -2.26. The van der Waals surface area contributed by atoms with Gasteiger partial charge >= 0.3 is 0 Å². The van der Waals surface area contributed by atoms with Crippen molar-refractivity contribution in [1.29, 1.82) is 0 Å². The van der Waals surface area contributed by atoms with Crippen molar-refractivity contribution in [3.63, 3.8) is 0 Å². The summed E-state index contributed by atoms with van der Waals surface area (Å²) in [4.78, 5) is 0. The van der Waals surface area contributed by atoms with Gasteiger partial charge in [0.2, 0.25) is 0 Å². The van der Waals surface area contributed by atoms with Gasteiger partial charge in [0.15, 0.2) is 0 Å². The van der Waals surface area contributed by atoms with Gasteiger partial charge in [-0.25, -0.2) is 0 Å². The van der Waals surface area contributed by atoms with Gasteiger partial charge in [0.05, 0.1) is 0 Å². The molecule has 3 saturated carbocycles. The Morgan fingerprint density at radius 1 is 1.05 bits per heavy atom. The van der Waals surface area contributed by atoms with Gasteiger partial charge in [-0.1, -0.05) is 66.2 Å². The number of hydrogen-bond donors (Lipinski definition) is 0. The first kappa shape index (κ1) is 16.8. The summed E-state index contributed by atoms with van der Waals surface area (Å²) in [5.41, 5.74) is 0.628. The van der Waals surface area contributed by atoms with Gasteiger partial charge in [-0.3, -0.25) is 0 Å². The first-order valence-corrected chi connectivity index (χ1v) is 10.6. The Morgan fingerprint density at radius 2 is 1.86 bits per heavy atom. The molecule has 0 N–H and O–H groups in total. The molecule has 0 nitrogen and oxygen atoms in total. The van der Waals surface area contributed by atoms with Crippen LogP contribution in [0.25, 0.3) is 0 Å². The zero-order valence-electron chi connectivity index (χ0n) is 15.7. The molecule has 0 bridgehead atoms. The molecule has 0 saturated heterocycles. The van der Waals surface area contributed by atoms with Crippen LogP contribution in [0.5, 0.6) is 0 Å². The third-order valence-corrected chi connectivity index (χ3v) is 8.45. The van der Waals surface area contributed by atoms with Crippen LogP contribution >= 0.6 is 0 Å². The van der Waals surface area contributed by atoms with Crippen LogP contribution in [0.15, 0.2) is 0 Å². The molecule has 3 fully saturated rings. The second-order valence-electron chi connectivity index (χ2n) is 9.56. The Kier molecular flexibility index (Phi) is 5.25. The molecular formula is C22H40. The molecule has 0 heterocycles. The molecule has 7 atom stereocenters. The van der Waals surface area contributed by atoms with Crippen LogP contribution in [-0.2, 0) is 0 Å². The first-order valence-electron chi connectivity index (χ1n) is 10.6. The van der Waals surface area contributed by atoms with E-state index in [1.807, 2.05) is 0 Å². The van der Waals surface area contributed by atoms with Gasteiger partial charge in [-0.15, -0.1) is 0 Å². The topological polar surface area (TPSA) is 0 Å². The van der Waals surface area contributed by atoms with Crippen molar-refractivity contribution in [1.82, 2.24) is 0 Å². The van der Waals surface area contributed by atoms with Gasteiger partial charge in [0, 0.05) is 0 Å². The molecule has 0 spiro atoms. The van der Waals surface area contributed by atoms with Gasteiger partial charge in [-0.05, 0) is 73.0 Å². The maximum absolute atomic E-state index is 2.56. The van der Waals surface area contributed by atoms with Gasteiger partial charge in [0.25, 0.3) is 0 Å². The predicted octanol–water partition coefficient (Wildman–Crippen LogP) is 7.08. The van der Waals surface area contributed by atoms with Crippen molar-refractivity contribution in [2.45, 2.75) is 98.3 Å². The fourth-order valence-corrected chi connectivity index (χ4v) is 6.30. The predicted molar refractivity (Wildman–Crippen MR) is 96.9 cm³/mol. The zero-order valence-corrected chi connectivity index (χ0v) is 15.7. The Hall–Kier alpha value is 0. The molecule has 0 aliphatic heterocycles. The van der Waals surface area contributed by atoms with E-state index < -0.39 is 0 Å². The Morgan fingerprint density at radius 3 is 2.59 bits per heavy atom. The number of fused-ring (bicyclic) bond motifs is 1. The lowest BCUT2D eigenvalue weighted by molar-refractivity contribution is 0.149. The van der Waals surface area contributed by atoms with Crippen LogP contribution in [0.4, 0.5) is 0 Å². The highest BCUT2D eigenvalue weighted by Gasteiger charge is 2.47. The molecule has 128 valence electrons. The van der Waals surface area contributed by atoms with E-state index in [2.05, 4.69) is 27.7 Å². The second-order valence-corrected chi connectivity index (χ2v) is 9.56. The summed E-state index contributed by atoms with van der Waals surface area (Å²) < 4.78 is 0. The minimum Gasteiger partial charge on any atom is -0.0651 e. The zero-order chi connectivity index (χ0) is 15.7. The molecular weight excluding hydrogens is 264 g/mol. The molecule has 0 aromatic rings. The highest BCUT2D eigenvalue weighted by atomic mass is 14.5. The number of hydrogen-bond acceptors (Lipinski definition) is 0. The normalized spacial score (nSPS) is 46.6. The summed E-state index contributed by atoms with van der Waals surface area (Å²) in [6.07, 6.45) is 16.7. The largest absolute Gasteiger partial charge is 0.0651 e. The standard InChI is InChI=1S/C22H40/c1-5-18(20-11-7-10-19-15-21(19)20)14-17-9-8-12-22(4,6-2)16(3)13-17/h16-21H,5-15H2,1-4H3. The molecule has 0 heteroatoms. The van der Waals surface area contributed by atoms with E-state index in [1.54, 1.807) is 25.7 Å². The molecule has 0 aromatic heterocycles. The average molecular weight is 305 g/mol. The monoisotopic (exact) mass is 304 g/mol. The summed E-state index contributed by atoms with van der Waals surface area (Å²) in [7, 11) is 0. The van der Waals surface area contributed by atoms with Crippen LogP contribution in [0.3, 0.4) is 0 Å². The maximum atomic E-state index is 2.56. The quantitative estimate of drug-likeness (QED) is 0.476. The molecule has 3 rings (SSSR count). The minimum absolute atomic E-state index is 0.628. The highest BCUT2D eigenvalue weighted by molar-refractivity contribution is 4.97. The van der Waals surface area contributed by atoms with Crippen molar-refractivity contribution in [3.8, 4) is 0 Å². The van der Waals surface area contributed by atoms with Crippen LogP contribution in [0.2, 0.25) is 0 Å². The van der Waals surface area contributed by atoms with Gasteiger partial charge in [-0.2, -0.15) is 0 Å². The smallest absolute Gasteiger partial charge is 0.0303 e. The Balaban J connectivity index is 1.59. The van der Waals surface area contributed by atoms with E-state index in [9.17, 15) is 0 Å².